The SMILES string of the molecule is COc1ccc(OC)c(-n2cnnc2C(C)n2cccn2)c1. The molecule has 0 saturated carbocycles. The summed E-state index contributed by atoms with van der Waals surface area (Å²) >= 11 is 0. The van der Waals surface area contributed by atoms with Crippen molar-refractivity contribution >= 4 is 0 Å². The molecule has 114 valence electrons. The van der Waals surface area contributed by atoms with Gasteiger partial charge in [-0.25, -0.2) is 0 Å². The fraction of sp³-hybridized carbons (Fsp3) is 0.267. The third kappa shape index (κ3) is 2.41. The molecule has 7 heteroatoms. The molecule has 1 atom stereocenters. The Bertz CT molecular complexity index is 751. The van der Waals surface area contributed by atoms with Crippen LogP contribution < -0.4 is 9.47 Å². The van der Waals surface area contributed by atoms with Crippen LogP contribution in [0, 0.1) is 0 Å². The van der Waals surface area contributed by atoms with Gasteiger partial charge < -0.3 is 9.47 Å². The van der Waals surface area contributed by atoms with E-state index in [0.717, 1.165) is 23.0 Å². The van der Waals surface area contributed by atoms with Gasteiger partial charge in [0.2, 0.25) is 0 Å². The standard InChI is InChI=1S/C15H17N5O2/c1-11(20-8-4-7-17-20)15-18-16-10-19(15)13-9-12(21-2)5-6-14(13)22-3/h4-11H,1-3H3. The van der Waals surface area contributed by atoms with E-state index in [0.29, 0.717) is 0 Å². The number of aromatic nitrogens is 5. The van der Waals surface area contributed by atoms with Gasteiger partial charge in [-0.05, 0) is 25.1 Å². The number of rotatable bonds is 5. The average Bonchev–Trinajstić information content (AvgIpc) is 3.24. The summed E-state index contributed by atoms with van der Waals surface area (Å²) in [4.78, 5) is 0. The third-order valence-electron chi connectivity index (χ3n) is 3.52. The van der Waals surface area contributed by atoms with Gasteiger partial charge in [-0.1, -0.05) is 0 Å². The lowest BCUT2D eigenvalue weighted by atomic mass is 10.2. The minimum absolute atomic E-state index is 0.0617. The molecule has 0 aliphatic carbocycles. The molecule has 0 aliphatic heterocycles. The number of nitrogens with zero attached hydrogens (tertiary/aromatic N) is 5. The summed E-state index contributed by atoms with van der Waals surface area (Å²) in [5, 5.41) is 12.5. The van der Waals surface area contributed by atoms with Crippen LogP contribution in [0.2, 0.25) is 0 Å². The van der Waals surface area contributed by atoms with Gasteiger partial charge >= 0.3 is 0 Å². The van der Waals surface area contributed by atoms with Gasteiger partial charge in [-0.3, -0.25) is 9.25 Å². The van der Waals surface area contributed by atoms with Crippen LogP contribution in [-0.2, 0) is 0 Å². The van der Waals surface area contributed by atoms with Crippen LogP contribution in [0.15, 0.2) is 43.0 Å². The Morgan fingerprint density at radius 3 is 2.73 bits per heavy atom. The summed E-state index contributed by atoms with van der Waals surface area (Å²) in [6, 6.07) is 7.42. The van der Waals surface area contributed by atoms with Gasteiger partial charge in [0, 0.05) is 18.5 Å². The highest BCUT2D eigenvalue weighted by Gasteiger charge is 2.18. The number of methoxy groups -OCH3 is 2. The van der Waals surface area contributed by atoms with Gasteiger partial charge in [0.05, 0.1) is 19.9 Å². The molecule has 2 aromatic heterocycles. The Labute approximate surface area is 128 Å². The summed E-state index contributed by atoms with van der Waals surface area (Å²) in [6.07, 6.45) is 5.29. The topological polar surface area (TPSA) is 67.0 Å². The van der Waals surface area contributed by atoms with Gasteiger partial charge in [-0.2, -0.15) is 5.10 Å². The first kappa shape index (κ1) is 14.1. The van der Waals surface area contributed by atoms with E-state index in [9.17, 15) is 0 Å². The molecule has 0 saturated heterocycles. The van der Waals surface area contributed by atoms with Crippen molar-refractivity contribution in [3.63, 3.8) is 0 Å². The monoisotopic (exact) mass is 299 g/mol. The maximum atomic E-state index is 5.44. The normalized spacial score (nSPS) is 12.1. The number of benzene rings is 1. The molecular formula is C15H17N5O2. The fourth-order valence-electron chi connectivity index (χ4n) is 2.33. The molecule has 0 amide bonds. The first-order valence-electron chi connectivity index (χ1n) is 6.86. The molecule has 0 aliphatic rings. The summed E-state index contributed by atoms with van der Waals surface area (Å²) < 4.78 is 14.4. The second-order valence-corrected chi connectivity index (χ2v) is 4.76. The molecule has 0 spiro atoms. The van der Waals surface area contributed by atoms with Gasteiger partial charge in [0.1, 0.15) is 23.9 Å². The van der Waals surface area contributed by atoms with E-state index in [4.69, 9.17) is 9.47 Å². The lowest BCUT2D eigenvalue weighted by Gasteiger charge is -2.16. The van der Waals surface area contributed by atoms with Crippen molar-refractivity contribution in [3.8, 4) is 17.2 Å². The zero-order valence-corrected chi connectivity index (χ0v) is 12.7. The number of hydrogen-bond acceptors (Lipinski definition) is 5. The van der Waals surface area contributed by atoms with E-state index < -0.39 is 0 Å². The molecular weight excluding hydrogens is 282 g/mol. The molecule has 3 aromatic rings. The summed E-state index contributed by atoms with van der Waals surface area (Å²) in [5.74, 6) is 2.21. The maximum Gasteiger partial charge on any atom is 0.162 e. The molecule has 2 heterocycles. The number of hydrogen-bond donors (Lipinski definition) is 0. The first-order chi connectivity index (χ1) is 10.7. The molecule has 0 fully saturated rings. The molecule has 1 unspecified atom stereocenters. The van der Waals surface area contributed by atoms with Crippen molar-refractivity contribution in [1.29, 1.82) is 0 Å². The van der Waals surface area contributed by atoms with E-state index in [2.05, 4.69) is 15.3 Å². The van der Waals surface area contributed by atoms with E-state index in [1.807, 2.05) is 46.6 Å². The molecule has 0 N–H and O–H groups in total. The van der Waals surface area contributed by atoms with Crippen LogP contribution in [0.3, 0.4) is 0 Å². The lowest BCUT2D eigenvalue weighted by Crippen LogP contribution is -2.13. The predicted octanol–water partition coefficient (Wildman–Crippen LogP) is 2.09. The van der Waals surface area contributed by atoms with Gasteiger partial charge in [0.25, 0.3) is 0 Å². The van der Waals surface area contributed by atoms with Crippen LogP contribution in [0.1, 0.15) is 18.8 Å². The lowest BCUT2D eigenvalue weighted by molar-refractivity contribution is 0.400. The largest absolute Gasteiger partial charge is 0.497 e. The van der Waals surface area contributed by atoms with Crippen molar-refractivity contribution in [2.75, 3.05) is 14.2 Å². The molecule has 3 rings (SSSR count). The van der Waals surface area contributed by atoms with Crippen molar-refractivity contribution in [2.24, 2.45) is 0 Å². The van der Waals surface area contributed by atoms with Crippen LogP contribution in [-0.4, -0.2) is 38.8 Å². The molecule has 7 nitrogen and oxygen atoms in total. The van der Waals surface area contributed by atoms with E-state index in [1.165, 1.54) is 0 Å². The first-order valence-corrected chi connectivity index (χ1v) is 6.86. The minimum Gasteiger partial charge on any atom is -0.497 e. The van der Waals surface area contributed by atoms with Crippen molar-refractivity contribution in [2.45, 2.75) is 13.0 Å². The summed E-state index contributed by atoms with van der Waals surface area (Å²) in [6.45, 7) is 2.01. The summed E-state index contributed by atoms with van der Waals surface area (Å²) in [7, 11) is 3.26. The zero-order valence-electron chi connectivity index (χ0n) is 12.7. The van der Waals surface area contributed by atoms with Crippen LogP contribution in [0.4, 0.5) is 0 Å². The second-order valence-electron chi connectivity index (χ2n) is 4.76. The quantitative estimate of drug-likeness (QED) is 0.721. The Hall–Kier alpha value is -2.83. The third-order valence-corrected chi connectivity index (χ3v) is 3.52. The van der Waals surface area contributed by atoms with Crippen LogP contribution in [0.25, 0.3) is 5.69 Å². The van der Waals surface area contributed by atoms with Crippen molar-refractivity contribution < 1.29 is 9.47 Å². The highest BCUT2D eigenvalue weighted by atomic mass is 16.5. The Morgan fingerprint density at radius 2 is 2.05 bits per heavy atom. The van der Waals surface area contributed by atoms with Crippen molar-refractivity contribution in [1.82, 2.24) is 24.5 Å². The Kier molecular flexibility index (Phi) is 3.78. The zero-order chi connectivity index (χ0) is 15.5. The molecule has 0 bridgehead atoms. The average molecular weight is 299 g/mol. The van der Waals surface area contributed by atoms with E-state index >= 15 is 0 Å². The fourth-order valence-corrected chi connectivity index (χ4v) is 2.33. The smallest absolute Gasteiger partial charge is 0.162 e. The highest BCUT2D eigenvalue weighted by molar-refractivity contribution is 5.51. The highest BCUT2D eigenvalue weighted by Crippen LogP contribution is 2.29. The van der Waals surface area contributed by atoms with Crippen LogP contribution in [0.5, 0.6) is 11.5 Å². The molecule has 1 aromatic carbocycles. The summed E-state index contributed by atoms with van der Waals surface area (Å²) in [5.41, 5.74) is 0.820. The van der Waals surface area contributed by atoms with Crippen LogP contribution >= 0.6 is 0 Å². The van der Waals surface area contributed by atoms with Gasteiger partial charge in [0.15, 0.2) is 5.82 Å². The predicted molar refractivity (Wildman–Crippen MR) is 80.5 cm³/mol. The second kappa shape index (κ2) is 5.88. The maximum absolute atomic E-state index is 5.44. The van der Waals surface area contributed by atoms with E-state index in [1.54, 1.807) is 26.7 Å². The molecule has 0 radical (unpaired) electrons. The Balaban J connectivity index is 2.09. The van der Waals surface area contributed by atoms with Crippen molar-refractivity contribution in [3.05, 3.63) is 48.8 Å². The van der Waals surface area contributed by atoms with Gasteiger partial charge in [-0.15, -0.1) is 10.2 Å². The molecule has 22 heavy (non-hydrogen) atoms. The minimum atomic E-state index is -0.0617. The number of ether oxygens (including phenoxy) is 2. The Morgan fingerprint density at radius 1 is 1.18 bits per heavy atom. The van der Waals surface area contributed by atoms with E-state index in [-0.39, 0.29) is 6.04 Å².